The summed E-state index contributed by atoms with van der Waals surface area (Å²) >= 11 is 12.2. The van der Waals surface area contributed by atoms with Crippen molar-refractivity contribution in [2.45, 2.75) is 12.1 Å². The lowest BCUT2D eigenvalue weighted by Crippen LogP contribution is -2.43. The number of rotatable bonds is 11. The lowest BCUT2D eigenvalue weighted by molar-refractivity contribution is -0.139. The van der Waals surface area contributed by atoms with Gasteiger partial charge in [-0.15, -0.1) is 0 Å². The lowest BCUT2D eigenvalue weighted by Gasteiger charge is -2.23. The van der Waals surface area contributed by atoms with Gasteiger partial charge in [-0.3, -0.25) is 19.2 Å². The number of ketones is 4. The van der Waals surface area contributed by atoms with Gasteiger partial charge in [-0.25, -0.2) is 9.59 Å². The second-order valence-corrected chi connectivity index (χ2v) is 11.7. The van der Waals surface area contributed by atoms with Crippen molar-refractivity contribution in [2.75, 3.05) is 11.5 Å². The number of nitrogens with one attached hydrogen (secondary N) is 2. The monoisotopic (exact) mass is 620 g/mol. The lowest BCUT2D eigenvalue weighted by atomic mass is 9.92. The highest BCUT2D eigenvalue weighted by atomic mass is 35.5. The van der Waals surface area contributed by atoms with Crippen molar-refractivity contribution in [3.63, 3.8) is 0 Å². The van der Waals surface area contributed by atoms with E-state index in [1.807, 2.05) is 0 Å². The van der Waals surface area contributed by atoms with E-state index in [1.54, 1.807) is 24.3 Å². The van der Waals surface area contributed by atoms with E-state index in [9.17, 15) is 39.0 Å². The standard InChI is InChI=1S/C26H18Cl2N2O8S2/c27-17-19(23(33)13-7-3-1-5-11(13)21(17)31)29-15(25(35)36)9-39-40-10-16(26(37)38)30-20-18(28)22(32)12-6-2-4-8-14(12)24(20)34/h1-8,15-16,29-30H,9-10H2,(H,35,36)(H,37,38)/t15-,16-/m0/s1. The van der Waals surface area contributed by atoms with Crippen LogP contribution in [0.15, 0.2) is 70.0 Å². The molecular formula is C26H18Cl2N2O8S2. The normalized spacial score (nSPS) is 16.4. The first-order valence-electron chi connectivity index (χ1n) is 11.4. The molecule has 206 valence electrons. The van der Waals surface area contributed by atoms with Gasteiger partial charge < -0.3 is 20.8 Å². The van der Waals surface area contributed by atoms with Crippen LogP contribution in [-0.2, 0) is 9.59 Å². The Hall–Kier alpha value is -3.58. The smallest absolute Gasteiger partial charge is 0.327 e. The maximum absolute atomic E-state index is 12.9. The highest BCUT2D eigenvalue weighted by Gasteiger charge is 2.35. The summed E-state index contributed by atoms with van der Waals surface area (Å²) in [5.74, 6) is -5.47. The minimum absolute atomic E-state index is 0.0901. The number of hydrogen-bond acceptors (Lipinski definition) is 10. The van der Waals surface area contributed by atoms with E-state index in [1.165, 1.54) is 24.3 Å². The zero-order valence-electron chi connectivity index (χ0n) is 20.1. The summed E-state index contributed by atoms with van der Waals surface area (Å²) in [7, 11) is 1.95. The van der Waals surface area contributed by atoms with Crippen molar-refractivity contribution in [3.05, 3.63) is 92.2 Å². The zero-order chi connectivity index (χ0) is 29.1. The Bertz CT molecular complexity index is 1420. The first-order valence-corrected chi connectivity index (χ1v) is 14.7. The van der Waals surface area contributed by atoms with Crippen LogP contribution in [0.5, 0.6) is 0 Å². The highest BCUT2D eigenvalue weighted by Crippen LogP contribution is 2.30. The molecule has 2 aliphatic rings. The molecule has 4 rings (SSSR count). The topological polar surface area (TPSA) is 167 Å². The highest BCUT2D eigenvalue weighted by molar-refractivity contribution is 8.76. The van der Waals surface area contributed by atoms with E-state index in [2.05, 4.69) is 10.6 Å². The summed E-state index contributed by atoms with van der Waals surface area (Å²) in [6, 6.07) is 9.33. The van der Waals surface area contributed by atoms with Crippen molar-refractivity contribution < 1.29 is 39.0 Å². The van der Waals surface area contributed by atoms with Gasteiger partial charge in [0.25, 0.3) is 0 Å². The van der Waals surface area contributed by atoms with Gasteiger partial charge in [-0.05, 0) is 0 Å². The minimum atomic E-state index is -1.36. The number of carbonyl (C=O) groups excluding carboxylic acids is 4. The Morgan fingerprint density at radius 1 is 0.625 bits per heavy atom. The Morgan fingerprint density at radius 3 is 1.23 bits per heavy atom. The molecule has 0 amide bonds. The molecule has 0 saturated carbocycles. The van der Waals surface area contributed by atoms with Crippen LogP contribution in [0.2, 0.25) is 0 Å². The Balaban J connectivity index is 1.40. The number of carboxylic acids is 2. The van der Waals surface area contributed by atoms with Crippen LogP contribution in [-0.4, -0.2) is 68.9 Å². The summed E-state index contributed by atoms with van der Waals surface area (Å²) in [6.07, 6.45) is 0. The number of aliphatic carboxylic acids is 2. The summed E-state index contributed by atoms with van der Waals surface area (Å²) in [5.41, 5.74) is -0.265. The molecule has 0 radical (unpaired) electrons. The molecule has 40 heavy (non-hydrogen) atoms. The molecule has 0 aliphatic heterocycles. The van der Waals surface area contributed by atoms with Crippen LogP contribution < -0.4 is 10.6 Å². The van der Waals surface area contributed by atoms with Gasteiger partial charge in [-0.2, -0.15) is 0 Å². The minimum Gasteiger partial charge on any atom is -0.480 e. The van der Waals surface area contributed by atoms with E-state index >= 15 is 0 Å². The van der Waals surface area contributed by atoms with Gasteiger partial charge in [0.1, 0.15) is 33.5 Å². The molecule has 2 aliphatic carbocycles. The Morgan fingerprint density at radius 2 is 0.925 bits per heavy atom. The van der Waals surface area contributed by atoms with Crippen LogP contribution in [0.3, 0.4) is 0 Å². The number of halogens is 2. The maximum Gasteiger partial charge on any atom is 0.327 e. The summed E-state index contributed by atoms with van der Waals surface area (Å²) in [4.78, 5) is 74.6. The summed E-state index contributed by atoms with van der Waals surface area (Å²) < 4.78 is 0. The molecule has 0 spiro atoms. The van der Waals surface area contributed by atoms with E-state index in [-0.39, 0.29) is 45.2 Å². The SMILES string of the molecule is O=C1C(Cl)=C(N[C@@H](CSSC[C@H](NC2=C(Cl)C(=O)c3ccccc3C2=O)C(=O)O)C(=O)O)C(=O)c2ccccc21. The number of Topliss-reactive ketones (excluding diaryl/α,β-unsaturated/α-hetero) is 4. The molecule has 0 aromatic heterocycles. The van der Waals surface area contributed by atoms with Gasteiger partial charge in [0.2, 0.25) is 23.1 Å². The van der Waals surface area contributed by atoms with E-state index in [0.29, 0.717) is 0 Å². The van der Waals surface area contributed by atoms with Crippen molar-refractivity contribution in [2.24, 2.45) is 0 Å². The third kappa shape index (κ3) is 5.80. The second-order valence-electron chi connectivity index (χ2n) is 8.42. The molecular weight excluding hydrogens is 603 g/mol. The van der Waals surface area contributed by atoms with Crippen LogP contribution >= 0.6 is 44.8 Å². The van der Waals surface area contributed by atoms with Crippen molar-refractivity contribution in [1.82, 2.24) is 10.6 Å². The molecule has 0 heterocycles. The van der Waals surface area contributed by atoms with Gasteiger partial charge in [0, 0.05) is 33.8 Å². The van der Waals surface area contributed by atoms with Crippen molar-refractivity contribution in [3.8, 4) is 0 Å². The maximum atomic E-state index is 12.9. The molecule has 0 unspecified atom stereocenters. The van der Waals surface area contributed by atoms with Crippen LogP contribution in [0.1, 0.15) is 41.4 Å². The van der Waals surface area contributed by atoms with E-state index in [4.69, 9.17) is 23.2 Å². The van der Waals surface area contributed by atoms with Crippen molar-refractivity contribution in [1.29, 1.82) is 0 Å². The number of benzene rings is 2. The first-order chi connectivity index (χ1) is 19.0. The molecule has 0 fully saturated rings. The van der Waals surface area contributed by atoms with Crippen molar-refractivity contribution >= 4 is 79.9 Å². The average molecular weight is 621 g/mol. The van der Waals surface area contributed by atoms with Gasteiger partial charge in [0.05, 0.1) is 0 Å². The predicted molar refractivity (Wildman–Crippen MR) is 150 cm³/mol. The Kier molecular flexibility index (Phi) is 9.04. The number of fused-ring (bicyclic) bond motifs is 2. The van der Waals surface area contributed by atoms with Gasteiger partial charge in [-0.1, -0.05) is 93.3 Å². The fraction of sp³-hybridized carbons (Fsp3) is 0.154. The molecule has 0 bridgehead atoms. The van der Waals surface area contributed by atoms with Crippen LogP contribution in [0, 0.1) is 0 Å². The first kappa shape index (κ1) is 29.4. The third-order valence-corrected chi connectivity index (χ3v) is 9.05. The summed E-state index contributed by atoms with van der Waals surface area (Å²) in [5, 5.41) is 23.5. The van der Waals surface area contributed by atoms with E-state index < -0.39 is 57.2 Å². The number of carbonyl (C=O) groups is 6. The number of carboxylic acid groups (broad SMARTS) is 2. The molecule has 2 aromatic rings. The number of hydrogen-bond donors (Lipinski definition) is 4. The van der Waals surface area contributed by atoms with Crippen LogP contribution in [0.25, 0.3) is 0 Å². The fourth-order valence-electron chi connectivity index (χ4n) is 3.88. The average Bonchev–Trinajstić information content (AvgIpc) is 2.94. The largest absolute Gasteiger partial charge is 0.480 e. The van der Waals surface area contributed by atoms with Gasteiger partial charge in [0.15, 0.2) is 0 Å². The molecule has 2 atom stereocenters. The second kappa shape index (κ2) is 12.3. The zero-order valence-corrected chi connectivity index (χ0v) is 23.2. The van der Waals surface area contributed by atoms with E-state index in [0.717, 1.165) is 21.6 Å². The van der Waals surface area contributed by atoms with Crippen LogP contribution in [0.4, 0.5) is 0 Å². The third-order valence-electron chi connectivity index (χ3n) is 5.91. The quantitative estimate of drug-likeness (QED) is 0.213. The molecule has 4 N–H and O–H groups in total. The summed E-state index contributed by atoms with van der Waals surface area (Å²) in [6.45, 7) is 0. The molecule has 14 heteroatoms. The molecule has 2 aromatic carbocycles. The fourth-order valence-corrected chi connectivity index (χ4v) is 6.67. The predicted octanol–water partition coefficient (Wildman–Crippen LogP) is 3.51. The molecule has 10 nitrogen and oxygen atoms in total. The Labute approximate surface area is 244 Å². The van der Waals surface area contributed by atoms with Gasteiger partial charge >= 0.3 is 11.9 Å². The molecule has 0 saturated heterocycles. The number of allylic oxidation sites excluding steroid dienone is 4.